The van der Waals surface area contributed by atoms with Crippen molar-refractivity contribution in [2.45, 2.75) is 19.6 Å². The van der Waals surface area contributed by atoms with E-state index in [0.717, 1.165) is 30.9 Å². The molecular weight excluding hydrogens is 349 g/mol. The van der Waals surface area contributed by atoms with Crippen LogP contribution in [0.5, 0.6) is 0 Å². The van der Waals surface area contributed by atoms with Crippen molar-refractivity contribution in [2.24, 2.45) is 5.92 Å². The Morgan fingerprint density at radius 1 is 1.44 bits per heavy atom. The summed E-state index contributed by atoms with van der Waals surface area (Å²) in [6.45, 7) is 4.94. The molecule has 6 nitrogen and oxygen atoms in total. The summed E-state index contributed by atoms with van der Waals surface area (Å²) in [4.78, 5) is 16.2. The molecular formula is C17H19ClFN3O3. The minimum Gasteiger partial charge on any atom is -0.372 e. The highest BCUT2D eigenvalue weighted by Gasteiger charge is 2.27. The first-order chi connectivity index (χ1) is 12.1. The molecule has 1 aromatic carbocycles. The summed E-state index contributed by atoms with van der Waals surface area (Å²) >= 11 is 5.78. The van der Waals surface area contributed by atoms with Crippen LogP contribution in [0.25, 0.3) is 0 Å². The lowest BCUT2D eigenvalue weighted by molar-refractivity contribution is -0.191. The maximum absolute atomic E-state index is 13.8. The Labute approximate surface area is 149 Å². The van der Waals surface area contributed by atoms with E-state index in [2.05, 4.69) is 10.4 Å². The molecule has 2 atom stereocenters. The van der Waals surface area contributed by atoms with E-state index in [1.54, 1.807) is 12.3 Å². The van der Waals surface area contributed by atoms with Crippen LogP contribution in [0, 0.1) is 18.7 Å². The molecule has 134 valence electrons. The van der Waals surface area contributed by atoms with Crippen LogP contribution < -0.4 is 5.32 Å². The zero-order valence-corrected chi connectivity index (χ0v) is 14.5. The number of aryl methyl sites for hydroxylation is 1. The molecule has 8 heteroatoms. The SMILES string of the molecule is Cc1ccnn1C[C@@H]1CNCCO[C@H]1c1ccc(Cl)c(F)c1.O=C=O. The number of carbonyl (C=O) groups excluding carboxylic acids is 2. The Morgan fingerprint density at radius 3 is 2.84 bits per heavy atom. The van der Waals surface area contributed by atoms with Gasteiger partial charge in [-0.1, -0.05) is 17.7 Å². The predicted octanol–water partition coefficient (Wildman–Crippen LogP) is 2.38. The minimum absolute atomic E-state index is 0.134. The third-order valence-corrected chi connectivity index (χ3v) is 4.33. The molecule has 1 aliphatic heterocycles. The van der Waals surface area contributed by atoms with Crippen molar-refractivity contribution in [1.29, 1.82) is 0 Å². The number of rotatable bonds is 3. The van der Waals surface area contributed by atoms with Crippen molar-refractivity contribution in [2.75, 3.05) is 19.7 Å². The Balaban J connectivity index is 0.000000701. The molecule has 0 spiro atoms. The van der Waals surface area contributed by atoms with Gasteiger partial charge >= 0.3 is 6.15 Å². The first-order valence-electron chi connectivity index (χ1n) is 7.81. The van der Waals surface area contributed by atoms with Crippen LogP contribution in [0.2, 0.25) is 5.02 Å². The molecule has 0 unspecified atom stereocenters. The maximum Gasteiger partial charge on any atom is 0.373 e. The van der Waals surface area contributed by atoms with Gasteiger partial charge in [0.25, 0.3) is 0 Å². The number of hydrogen-bond acceptors (Lipinski definition) is 5. The van der Waals surface area contributed by atoms with Gasteiger partial charge in [0.15, 0.2) is 0 Å². The molecule has 0 radical (unpaired) electrons. The van der Waals surface area contributed by atoms with E-state index in [4.69, 9.17) is 25.9 Å². The second-order valence-electron chi connectivity index (χ2n) is 5.67. The third-order valence-electron chi connectivity index (χ3n) is 4.02. The first-order valence-corrected chi connectivity index (χ1v) is 8.19. The minimum atomic E-state index is -0.408. The van der Waals surface area contributed by atoms with Gasteiger partial charge in [-0.05, 0) is 30.7 Å². The molecule has 1 N–H and O–H groups in total. The Kier molecular flexibility index (Phi) is 7.28. The number of benzene rings is 1. The maximum atomic E-state index is 13.8. The standard InChI is InChI=1S/C16H19ClFN3O.CO2/c1-11-4-5-20-21(11)10-13-9-19-6-7-22-16(13)12-2-3-14(17)15(18)8-12;2-1-3/h2-5,8,13,16,19H,6-7,9-10H2,1H3;/t13-,16-;/m0./s1. The van der Waals surface area contributed by atoms with Crippen molar-refractivity contribution >= 4 is 17.8 Å². The second kappa shape index (κ2) is 9.44. The van der Waals surface area contributed by atoms with Crippen LogP contribution in [0.15, 0.2) is 30.5 Å². The molecule has 1 saturated heterocycles. The fourth-order valence-corrected chi connectivity index (χ4v) is 2.94. The smallest absolute Gasteiger partial charge is 0.372 e. The van der Waals surface area contributed by atoms with E-state index in [1.165, 1.54) is 6.07 Å². The number of nitrogens with one attached hydrogen (secondary N) is 1. The molecule has 0 bridgehead atoms. The number of ether oxygens (including phenoxy) is 1. The molecule has 0 amide bonds. The van der Waals surface area contributed by atoms with Gasteiger partial charge in [-0.15, -0.1) is 0 Å². The van der Waals surface area contributed by atoms with E-state index in [-0.39, 0.29) is 23.2 Å². The van der Waals surface area contributed by atoms with Crippen molar-refractivity contribution in [3.05, 3.63) is 52.6 Å². The Morgan fingerprint density at radius 2 is 2.20 bits per heavy atom. The number of hydrogen-bond donors (Lipinski definition) is 1. The third kappa shape index (κ3) is 5.21. The first kappa shape index (κ1) is 19.3. The molecule has 1 aliphatic rings. The van der Waals surface area contributed by atoms with Gasteiger partial charge in [0.2, 0.25) is 0 Å². The highest BCUT2D eigenvalue weighted by atomic mass is 35.5. The summed E-state index contributed by atoms with van der Waals surface area (Å²) < 4.78 is 21.7. The van der Waals surface area contributed by atoms with Gasteiger partial charge in [-0.3, -0.25) is 4.68 Å². The molecule has 0 aliphatic carbocycles. The number of aromatic nitrogens is 2. The van der Waals surface area contributed by atoms with Crippen molar-refractivity contribution < 1.29 is 18.7 Å². The lowest BCUT2D eigenvalue weighted by Gasteiger charge is -2.25. The van der Waals surface area contributed by atoms with E-state index < -0.39 is 5.82 Å². The van der Waals surface area contributed by atoms with E-state index >= 15 is 0 Å². The summed E-state index contributed by atoms with van der Waals surface area (Å²) in [7, 11) is 0. The summed E-state index contributed by atoms with van der Waals surface area (Å²) in [5, 5.41) is 7.84. The molecule has 0 saturated carbocycles. The van der Waals surface area contributed by atoms with Gasteiger partial charge in [-0.25, -0.2) is 4.39 Å². The Hall–Kier alpha value is -2.05. The highest BCUT2D eigenvalue weighted by molar-refractivity contribution is 6.30. The summed E-state index contributed by atoms with van der Waals surface area (Å²) in [5.41, 5.74) is 1.92. The van der Waals surface area contributed by atoms with Crippen LogP contribution in [0.1, 0.15) is 17.4 Å². The van der Waals surface area contributed by atoms with Crippen molar-refractivity contribution in [3.8, 4) is 0 Å². The zero-order valence-electron chi connectivity index (χ0n) is 13.7. The zero-order chi connectivity index (χ0) is 18.2. The second-order valence-corrected chi connectivity index (χ2v) is 6.07. The molecule has 2 aromatic rings. The lowest BCUT2D eigenvalue weighted by atomic mass is 9.95. The van der Waals surface area contributed by atoms with Crippen LogP contribution in [-0.4, -0.2) is 35.6 Å². The quantitative estimate of drug-likeness (QED) is 0.901. The van der Waals surface area contributed by atoms with Crippen LogP contribution in [0.3, 0.4) is 0 Å². The van der Waals surface area contributed by atoms with E-state index in [9.17, 15) is 4.39 Å². The Bertz CT molecular complexity index is 732. The monoisotopic (exact) mass is 367 g/mol. The normalized spacial score (nSPS) is 20.1. The largest absolute Gasteiger partial charge is 0.373 e. The van der Waals surface area contributed by atoms with Crippen LogP contribution >= 0.6 is 11.6 Å². The average molecular weight is 368 g/mol. The molecule has 2 heterocycles. The molecule has 1 aromatic heterocycles. The van der Waals surface area contributed by atoms with Crippen molar-refractivity contribution in [3.63, 3.8) is 0 Å². The lowest BCUT2D eigenvalue weighted by Crippen LogP contribution is -2.29. The number of nitrogens with zero attached hydrogens (tertiary/aromatic N) is 2. The summed E-state index contributed by atoms with van der Waals surface area (Å²) in [5.74, 6) is -0.240. The van der Waals surface area contributed by atoms with Gasteiger partial charge in [0.1, 0.15) is 5.82 Å². The number of halogens is 2. The topological polar surface area (TPSA) is 73.2 Å². The van der Waals surface area contributed by atoms with Crippen molar-refractivity contribution in [1.82, 2.24) is 15.1 Å². The van der Waals surface area contributed by atoms with E-state index in [1.807, 2.05) is 23.7 Å². The molecule has 25 heavy (non-hydrogen) atoms. The van der Waals surface area contributed by atoms with Gasteiger partial charge in [0, 0.05) is 37.4 Å². The summed E-state index contributed by atoms with van der Waals surface area (Å²) in [6, 6.07) is 6.87. The van der Waals surface area contributed by atoms with Crippen LogP contribution in [0.4, 0.5) is 4.39 Å². The van der Waals surface area contributed by atoms with Crippen LogP contribution in [-0.2, 0) is 20.9 Å². The van der Waals surface area contributed by atoms with Gasteiger partial charge in [0.05, 0.1) is 17.7 Å². The van der Waals surface area contributed by atoms with Gasteiger partial charge < -0.3 is 10.1 Å². The van der Waals surface area contributed by atoms with Gasteiger partial charge in [-0.2, -0.15) is 14.7 Å². The molecule has 3 rings (SSSR count). The predicted molar refractivity (Wildman–Crippen MR) is 88.4 cm³/mol. The van der Waals surface area contributed by atoms with E-state index in [0.29, 0.717) is 6.61 Å². The fraction of sp³-hybridized carbons (Fsp3) is 0.412. The fourth-order valence-electron chi connectivity index (χ4n) is 2.82. The summed E-state index contributed by atoms with van der Waals surface area (Å²) in [6.07, 6.45) is 1.86. The average Bonchev–Trinajstić information content (AvgIpc) is 2.84. The highest BCUT2D eigenvalue weighted by Crippen LogP contribution is 2.30. The molecule has 1 fully saturated rings.